The van der Waals surface area contributed by atoms with E-state index in [1.807, 2.05) is 48.5 Å². The van der Waals surface area contributed by atoms with Crippen LogP contribution in [-0.4, -0.2) is 41.3 Å². The van der Waals surface area contributed by atoms with E-state index < -0.39 is 29.6 Å². The summed E-state index contributed by atoms with van der Waals surface area (Å²) in [6, 6.07) is 14.9. The van der Waals surface area contributed by atoms with Crippen LogP contribution >= 0.6 is 0 Å². The second-order valence-electron chi connectivity index (χ2n) is 8.37. The van der Waals surface area contributed by atoms with E-state index in [0.29, 0.717) is 0 Å². The standard InChI is InChI=1S/C25H28N2O5/c1-4-25(2,3)27-23(30)21(13-14-22(28)29)26-24(31)32-15-20-18-11-7-5-9-16(18)17-10-6-8-12-19(17)20/h4-12,20-21H,1,13-15H2,2-3H3,(H,26,31)(H,27,30)(H,28,29). The van der Waals surface area contributed by atoms with Crippen molar-refractivity contribution in [1.82, 2.24) is 10.6 Å². The number of carboxylic acids is 1. The lowest BCUT2D eigenvalue weighted by Gasteiger charge is -2.26. The van der Waals surface area contributed by atoms with Crippen molar-refractivity contribution in [2.45, 2.75) is 44.2 Å². The molecule has 1 unspecified atom stereocenters. The topological polar surface area (TPSA) is 105 Å². The Hall–Kier alpha value is -3.61. The molecule has 2 aromatic rings. The summed E-state index contributed by atoms with van der Waals surface area (Å²) in [6.45, 7) is 7.27. The van der Waals surface area contributed by atoms with Gasteiger partial charge in [0.2, 0.25) is 5.91 Å². The first-order chi connectivity index (χ1) is 15.2. The smallest absolute Gasteiger partial charge is 0.407 e. The van der Waals surface area contributed by atoms with E-state index in [1.165, 1.54) is 0 Å². The first-order valence-corrected chi connectivity index (χ1v) is 10.5. The third-order valence-corrected chi connectivity index (χ3v) is 5.55. The van der Waals surface area contributed by atoms with Gasteiger partial charge in [-0.15, -0.1) is 6.58 Å². The molecule has 1 atom stereocenters. The van der Waals surface area contributed by atoms with Crippen LogP contribution in [0.15, 0.2) is 61.2 Å². The van der Waals surface area contributed by atoms with Crippen LogP contribution in [-0.2, 0) is 14.3 Å². The van der Waals surface area contributed by atoms with E-state index in [4.69, 9.17) is 9.84 Å². The van der Waals surface area contributed by atoms with E-state index >= 15 is 0 Å². The summed E-state index contributed by atoms with van der Waals surface area (Å²) in [6.07, 6.45) is 0.468. The van der Waals surface area contributed by atoms with Gasteiger partial charge in [-0.1, -0.05) is 54.6 Å². The largest absolute Gasteiger partial charge is 0.481 e. The van der Waals surface area contributed by atoms with Gasteiger partial charge in [-0.2, -0.15) is 0 Å². The fourth-order valence-electron chi connectivity index (χ4n) is 3.77. The van der Waals surface area contributed by atoms with Crippen LogP contribution in [0.4, 0.5) is 4.79 Å². The molecule has 7 heteroatoms. The number of ether oxygens (including phenoxy) is 1. The first-order valence-electron chi connectivity index (χ1n) is 10.5. The molecule has 0 spiro atoms. The molecular weight excluding hydrogens is 408 g/mol. The minimum Gasteiger partial charge on any atom is -0.481 e. The molecule has 1 aliphatic carbocycles. The molecule has 0 bridgehead atoms. The van der Waals surface area contributed by atoms with Crippen molar-refractivity contribution in [2.24, 2.45) is 0 Å². The van der Waals surface area contributed by atoms with Gasteiger partial charge in [-0.25, -0.2) is 4.79 Å². The van der Waals surface area contributed by atoms with Gasteiger partial charge in [0.25, 0.3) is 0 Å². The normalized spacial score (nSPS) is 13.4. The number of hydrogen-bond acceptors (Lipinski definition) is 4. The molecular formula is C25H28N2O5. The van der Waals surface area contributed by atoms with Crippen molar-refractivity contribution in [3.05, 3.63) is 72.3 Å². The first kappa shape index (κ1) is 23.1. The Morgan fingerprint density at radius 3 is 2.19 bits per heavy atom. The van der Waals surface area contributed by atoms with Crippen LogP contribution < -0.4 is 10.6 Å². The summed E-state index contributed by atoms with van der Waals surface area (Å²) in [5.74, 6) is -1.66. The molecule has 32 heavy (non-hydrogen) atoms. The Labute approximate surface area is 187 Å². The zero-order valence-corrected chi connectivity index (χ0v) is 18.3. The molecule has 3 rings (SSSR count). The third kappa shape index (κ3) is 5.35. The number of nitrogens with one attached hydrogen (secondary N) is 2. The number of amides is 2. The number of carbonyl (C=O) groups excluding carboxylic acids is 2. The van der Waals surface area contributed by atoms with Gasteiger partial charge in [-0.05, 0) is 42.5 Å². The van der Waals surface area contributed by atoms with Crippen molar-refractivity contribution >= 4 is 18.0 Å². The van der Waals surface area contributed by atoms with E-state index in [-0.39, 0.29) is 25.4 Å². The molecule has 0 saturated carbocycles. The molecule has 0 fully saturated rings. The molecule has 1 aliphatic rings. The number of carbonyl (C=O) groups is 3. The number of rotatable bonds is 9. The lowest BCUT2D eigenvalue weighted by atomic mass is 9.98. The Bertz CT molecular complexity index is 985. The Kier molecular flexibility index (Phi) is 6.98. The van der Waals surface area contributed by atoms with Crippen LogP contribution in [0.1, 0.15) is 43.7 Å². The lowest BCUT2D eigenvalue weighted by molar-refractivity contribution is -0.137. The molecule has 0 aromatic heterocycles. The lowest BCUT2D eigenvalue weighted by Crippen LogP contribution is -2.52. The summed E-state index contributed by atoms with van der Waals surface area (Å²) in [5, 5.41) is 14.3. The zero-order chi connectivity index (χ0) is 23.3. The van der Waals surface area contributed by atoms with Crippen molar-refractivity contribution in [3.63, 3.8) is 0 Å². The molecule has 0 radical (unpaired) electrons. The van der Waals surface area contributed by atoms with Gasteiger partial charge in [-0.3, -0.25) is 9.59 Å². The summed E-state index contributed by atoms with van der Waals surface area (Å²) in [7, 11) is 0. The monoisotopic (exact) mass is 436 g/mol. The maximum Gasteiger partial charge on any atom is 0.407 e. The molecule has 3 N–H and O–H groups in total. The fraction of sp³-hybridized carbons (Fsp3) is 0.320. The minimum atomic E-state index is -1.06. The van der Waals surface area contributed by atoms with Crippen molar-refractivity contribution in [2.75, 3.05) is 6.61 Å². The Morgan fingerprint density at radius 1 is 1.09 bits per heavy atom. The van der Waals surface area contributed by atoms with Gasteiger partial charge >= 0.3 is 12.1 Å². The Morgan fingerprint density at radius 2 is 1.66 bits per heavy atom. The van der Waals surface area contributed by atoms with E-state index in [2.05, 4.69) is 17.2 Å². The second kappa shape index (κ2) is 9.68. The van der Waals surface area contributed by atoms with Crippen molar-refractivity contribution in [1.29, 1.82) is 0 Å². The van der Waals surface area contributed by atoms with E-state index in [9.17, 15) is 14.4 Å². The van der Waals surface area contributed by atoms with Crippen molar-refractivity contribution < 1.29 is 24.2 Å². The zero-order valence-electron chi connectivity index (χ0n) is 18.3. The van der Waals surface area contributed by atoms with Crippen LogP contribution in [0.3, 0.4) is 0 Å². The van der Waals surface area contributed by atoms with Gasteiger partial charge in [0.15, 0.2) is 0 Å². The van der Waals surface area contributed by atoms with Gasteiger partial charge < -0.3 is 20.5 Å². The predicted molar refractivity (Wildman–Crippen MR) is 121 cm³/mol. The SMILES string of the molecule is C=CC(C)(C)NC(=O)C(CCC(=O)O)NC(=O)OCC1c2ccccc2-c2ccccc21. The summed E-state index contributed by atoms with van der Waals surface area (Å²) in [5.41, 5.74) is 3.68. The molecule has 0 saturated heterocycles. The average molecular weight is 437 g/mol. The van der Waals surface area contributed by atoms with Gasteiger partial charge in [0, 0.05) is 12.3 Å². The Balaban J connectivity index is 1.68. The highest BCUT2D eigenvalue weighted by Gasteiger charge is 2.30. The summed E-state index contributed by atoms with van der Waals surface area (Å²) >= 11 is 0. The summed E-state index contributed by atoms with van der Waals surface area (Å²) in [4.78, 5) is 36.2. The third-order valence-electron chi connectivity index (χ3n) is 5.55. The minimum absolute atomic E-state index is 0.0570. The number of aliphatic carboxylic acids is 1. The molecule has 2 amide bonds. The number of benzene rings is 2. The van der Waals surface area contributed by atoms with Crippen LogP contribution in [0.2, 0.25) is 0 Å². The molecule has 2 aromatic carbocycles. The van der Waals surface area contributed by atoms with Crippen molar-refractivity contribution in [3.8, 4) is 11.1 Å². The quantitative estimate of drug-likeness (QED) is 0.518. The number of alkyl carbamates (subject to hydrolysis) is 1. The maximum atomic E-state index is 12.6. The van der Waals surface area contributed by atoms with Crippen LogP contribution in [0.25, 0.3) is 11.1 Å². The number of fused-ring (bicyclic) bond motifs is 3. The second-order valence-corrected chi connectivity index (χ2v) is 8.37. The number of carboxylic acid groups (broad SMARTS) is 1. The number of hydrogen-bond donors (Lipinski definition) is 3. The highest BCUT2D eigenvalue weighted by Crippen LogP contribution is 2.44. The average Bonchev–Trinajstić information content (AvgIpc) is 3.08. The van der Waals surface area contributed by atoms with Crippen LogP contribution in [0.5, 0.6) is 0 Å². The van der Waals surface area contributed by atoms with Gasteiger partial charge in [0.1, 0.15) is 12.6 Å². The van der Waals surface area contributed by atoms with Gasteiger partial charge in [0.05, 0.1) is 5.54 Å². The van der Waals surface area contributed by atoms with Crippen LogP contribution in [0, 0.1) is 0 Å². The van der Waals surface area contributed by atoms with E-state index in [0.717, 1.165) is 22.3 Å². The molecule has 0 heterocycles. The van der Waals surface area contributed by atoms with E-state index in [1.54, 1.807) is 19.9 Å². The molecule has 168 valence electrons. The summed E-state index contributed by atoms with van der Waals surface area (Å²) < 4.78 is 5.49. The highest BCUT2D eigenvalue weighted by molar-refractivity contribution is 5.87. The maximum absolute atomic E-state index is 12.6. The molecule has 7 nitrogen and oxygen atoms in total. The molecule has 0 aliphatic heterocycles. The highest BCUT2D eigenvalue weighted by atomic mass is 16.5. The fourth-order valence-corrected chi connectivity index (χ4v) is 3.77. The predicted octanol–water partition coefficient (Wildman–Crippen LogP) is 3.84.